The number of nitriles is 1. The molecule has 28 heavy (non-hydrogen) atoms. The lowest BCUT2D eigenvalue weighted by Crippen LogP contribution is -2.30. The molecule has 2 aromatic heterocycles. The zero-order valence-corrected chi connectivity index (χ0v) is 16.1. The number of aryl methyl sites for hydroxylation is 2. The second kappa shape index (κ2) is 7.46. The molecule has 2 aromatic rings. The Labute approximate surface area is 163 Å². The summed E-state index contributed by atoms with van der Waals surface area (Å²) in [6.45, 7) is 3.52. The second-order valence-electron chi connectivity index (χ2n) is 7.72. The van der Waals surface area contributed by atoms with Gasteiger partial charge in [0.1, 0.15) is 12.2 Å². The van der Waals surface area contributed by atoms with E-state index in [2.05, 4.69) is 25.7 Å². The molecule has 0 bridgehead atoms. The molecule has 3 heterocycles. The lowest BCUT2D eigenvalue weighted by molar-refractivity contribution is -0.129. The summed E-state index contributed by atoms with van der Waals surface area (Å²) < 4.78 is 1.72. The number of rotatable bonds is 5. The van der Waals surface area contributed by atoms with E-state index in [1.165, 1.54) is 0 Å². The van der Waals surface area contributed by atoms with Crippen LogP contribution in [0.25, 0.3) is 0 Å². The lowest BCUT2D eigenvalue weighted by atomic mass is 10.0. The molecule has 146 valence electrons. The van der Waals surface area contributed by atoms with Crippen molar-refractivity contribution < 1.29 is 4.79 Å². The zero-order valence-electron chi connectivity index (χ0n) is 16.1. The fourth-order valence-corrected chi connectivity index (χ4v) is 4.26. The molecule has 0 radical (unpaired) electrons. The van der Waals surface area contributed by atoms with Gasteiger partial charge in [-0.2, -0.15) is 15.3 Å². The van der Waals surface area contributed by atoms with Gasteiger partial charge < -0.3 is 15.5 Å². The number of anilines is 3. The van der Waals surface area contributed by atoms with Crippen molar-refractivity contribution in [2.24, 2.45) is 18.9 Å². The molecule has 2 unspecified atom stereocenters. The molecular formula is C19H24N8O. The van der Waals surface area contributed by atoms with Gasteiger partial charge in [0.25, 0.3) is 0 Å². The van der Waals surface area contributed by atoms with E-state index < -0.39 is 0 Å². The molecule has 0 spiro atoms. The number of amides is 1. The molecular weight excluding hydrogens is 356 g/mol. The Morgan fingerprint density at radius 3 is 2.71 bits per heavy atom. The summed E-state index contributed by atoms with van der Waals surface area (Å²) in [4.78, 5) is 22.8. The summed E-state index contributed by atoms with van der Waals surface area (Å²) in [6.07, 6.45) is 7.41. The minimum Gasteiger partial charge on any atom is -0.367 e. The second-order valence-corrected chi connectivity index (χ2v) is 7.72. The van der Waals surface area contributed by atoms with Crippen LogP contribution in [0.2, 0.25) is 0 Å². The van der Waals surface area contributed by atoms with Crippen molar-refractivity contribution in [2.45, 2.75) is 32.2 Å². The lowest BCUT2D eigenvalue weighted by Gasteiger charge is -2.20. The smallest absolute Gasteiger partial charge is 0.236 e. The molecule has 1 aliphatic carbocycles. The molecule has 1 amide bonds. The fourth-order valence-electron chi connectivity index (χ4n) is 4.26. The van der Waals surface area contributed by atoms with Crippen LogP contribution in [0.15, 0.2) is 18.6 Å². The Bertz CT molecular complexity index is 903. The van der Waals surface area contributed by atoms with Crippen molar-refractivity contribution >= 4 is 23.4 Å². The van der Waals surface area contributed by atoms with Crippen molar-refractivity contribution in [3.63, 3.8) is 0 Å². The minimum absolute atomic E-state index is 0.0199. The number of aromatic nitrogens is 4. The number of fused-ring (bicyclic) bond motifs is 1. The first-order valence-electron chi connectivity index (χ1n) is 9.52. The van der Waals surface area contributed by atoms with Crippen molar-refractivity contribution in [1.29, 1.82) is 5.26 Å². The number of likely N-dealkylation sites (tertiary alicyclic amines) is 1. The summed E-state index contributed by atoms with van der Waals surface area (Å²) in [7, 11) is 1.86. The number of carbonyl (C=O) groups is 1. The normalized spacial score (nSPS) is 23.3. The molecule has 0 aromatic carbocycles. The third kappa shape index (κ3) is 3.76. The molecule has 2 atom stereocenters. The van der Waals surface area contributed by atoms with Gasteiger partial charge in [-0.05, 0) is 31.6 Å². The number of hydrogen-bond acceptors (Lipinski definition) is 7. The van der Waals surface area contributed by atoms with E-state index in [0.717, 1.165) is 43.0 Å². The van der Waals surface area contributed by atoms with E-state index in [0.29, 0.717) is 23.8 Å². The largest absolute Gasteiger partial charge is 0.367 e. The predicted octanol–water partition coefficient (Wildman–Crippen LogP) is 1.82. The first-order chi connectivity index (χ1) is 13.5. The Morgan fingerprint density at radius 1 is 1.32 bits per heavy atom. The van der Waals surface area contributed by atoms with E-state index in [1.807, 2.05) is 37.3 Å². The highest BCUT2D eigenvalue weighted by molar-refractivity contribution is 5.78. The molecule has 1 aliphatic heterocycles. The molecule has 2 aliphatic rings. The van der Waals surface area contributed by atoms with E-state index in [4.69, 9.17) is 5.26 Å². The van der Waals surface area contributed by atoms with E-state index >= 15 is 0 Å². The van der Waals surface area contributed by atoms with Crippen molar-refractivity contribution in [1.82, 2.24) is 24.6 Å². The van der Waals surface area contributed by atoms with Crippen LogP contribution in [-0.4, -0.2) is 49.7 Å². The van der Waals surface area contributed by atoms with E-state index in [9.17, 15) is 4.79 Å². The third-order valence-electron chi connectivity index (χ3n) is 5.61. The highest BCUT2D eigenvalue weighted by atomic mass is 16.2. The topological polar surface area (TPSA) is 112 Å². The summed E-state index contributed by atoms with van der Waals surface area (Å²) in [5.41, 5.74) is 1.84. The number of nitrogens with zero attached hydrogens (tertiary/aromatic N) is 6. The van der Waals surface area contributed by atoms with Gasteiger partial charge in [0.15, 0.2) is 0 Å². The van der Waals surface area contributed by atoms with E-state index in [1.54, 1.807) is 10.9 Å². The molecule has 9 heteroatoms. The van der Waals surface area contributed by atoms with Gasteiger partial charge in [0.2, 0.25) is 11.9 Å². The monoisotopic (exact) mass is 380 g/mol. The Kier molecular flexibility index (Phi) is 4.86. The Morgan fingerprint density at radius 2 is 2.07 bits per heavy atom. The first kappa shape index (κ1) is 18.2. The van der Waals surface area contributed by atoms with Crippen LogP contribution in [0.5, 0.6) is 0 Å². The van der Waals surface area contributed by atoms with E-state index in [-0.39, 0.29) is 12.3 Å². The van der Waals surface area contributed by atoms with Crippen LogP contribution in [0, 0.1) is 30.1 Å². The van der Waals surface area contributed by atoms with Crippen LogP contribution in [-0.2, 0) is 11.8 Å². The highest BCUT2D eigenvalue weighted by Crippen LogP contribution is 2.39. The van der Waals surface area contributed by atoms with Crippen LogP contribution < -0.4 is 10.6 Å². The minimum atomic E-state index is -0.0424. The van der Waals surface area contributed by atoms with Crippen LogP contribution in [0.1, 0.15) is 24.8 Å². The fraction of sp³-hybridized carbons (Fsp3) is 0.526. The average Bonchev–Trinajstić information content (AvgIpc) is 3.33. The maximum atomic E-state index is 11.9. The first-order valence-corrected chi connectivity index (χ1v) is 9.52. The van der Waals surface area contributed by atoms with Crippen molar-refractivity contribution in [3.8, 4) is 6.07 Å². The van der Waals surface area contributed by atoms with Crippen LogP contribution in [0.3, 0.4) is 0 Å². The average molecular weight is 380 g/mol. The summed E-state index contributed by atoms with van der Waals surface area (Å²) in [6, 6.07) is 2.29. The van der Waals surface area contributed by atoms with Gasteiger partial charge in [-0.25, -0.2) is 4.98 Å². The van der Waals surface area contributed by atoms with Gasteiger partial charge in [-0.3, -0.25) is 9.48 Å². The third-order valence-corrected chi connectivity index (χ3v) is 5.61. The SMILES string of the molecule is Cc1cnc(Nc2cnn(C)c2)nc1NC1CC2CN(C(=O)CC#N)CC2C1. The maximum absolute atomic E-state index is 11.9. The van der Waals surface area contributed by atoms with Gasteiger partial charge in [0.05, 0.1) is 18.0 Å². The standard InChI is InChI=1S/C19H24N8O/c1-12-7-21-19(24-16-8-22-26(2)11-16)25-18(12)23-15-5-13-9-27(10-14(13)6-15)17(28)3-4-20/h7-8,11,13-15H,3,5-6,9-10H2,1-2H3,(H2,21,23,24,25). The summed E-state index contributed by atoms with van der Waals surface area (Å²) in [5, 5.41) is 19.6. The van der Waals surface area contributed by atoms with Crippen molar-refractivity contribution in [2.75, 3.05) is 23.7 Å². The molecule has 2 fully saturated rings. The molecule has 1 saturated carbocycles. The van der Waals surface area contributed by atoms with Gasteiger partial charge in [-0.15, -0.1) is 0 Å². The molecule has 2 N–H and O–H groups in total. The molecule has 4 rings (SSSR count). The quantitative estimate of drug-likeness (QED) is 0.814. The molecule has 9 nitrogen and oxygen atoms in total. The van der Waals surface area contributed by atoms with Gasteiger partial charge in [-0.1, -0.05) is 0 Å². The maximum Gasteiger partial charge on any atom is 0.236 e. The number of carbonyl (C=O) groups excluding carboxylic acids is 1. The molecule has 1 saturated heterocycles. The summed E-state index contributed by atoms with van der Waals surface area (Å²) >= 11 is 0. The Hall–Kier alpha value is -3.15. The number of nitrogens with one attached hydrogen (secondary N) is 2. The van der Waals surface area contributed by atoms with Crippen LogP contribution in [0.4, 0.5) is 17.5 Å². The van der Waals surface area contributed by atoms with Gasteiger partial charge >= 0.3 is 0 Å². The number of hydrogen-bond donors (Lipinski definition) is 2. The highest BCUT2D eigenvalue weighted by Gasteiger charge is 2.42. The van der Waals surface area contributed by atoms with Crippen LogP contribution >= 0.6 is 0 Å². The summed E-state index contributed by atoms with van der Waals surface area (Å²) in [5.74, 6) is 2.32. The zero-order chi connectivity index (χ0) is 19.7. The van der Waals surface area contributed by atoms with Crippen molar-refractivity contribution in [3.05, 3.63) is 24.2 Å². The Balaban J connectivity index is 1.37. The van der Waals surface area contributed by atoms with Gasteiger partial charge in [0, 0.05) is 44.1 Å². The predicted molar refractivity (Wildman–Crippen MR) is 104 cm³/mol.